The number of halogens is 2. The molecule has 12 heteroatoms. The van der Waals surface area contributed by atoms with E-state index in [1.807, 2.05) is 12.1 Å². The first-order valence-corrected chi connectivity index (χ1v) is 16.1. The van der Waals surface area contributed by atoms with Crippen LogP contribution in [0.25, 0.3) is 11.0 Å². The Morgan fingerprint density at radius 3 is 2.63 bits per heavy atom. The summed E-state index contributed by atoms with van der Waals surface area (Å²) in [5.74, 6) is -2.04. The number of carboxylic acid groups (broad SMARTS) is 1. The Kier molecular flexibility index (Phi) is 8.94. The van der Waals surface area contributed by atoms with E-state index in [1.54, 1.807) is 30.5 Å². The molecule has 2 heterocycles. The van der Waals surface area contributed by atoms with Gasteiger partial charge >= 0.3 is 5.97 Å². The van der Waals surface area contributed by atoms with Crippen molar-refractivity contribution >= 4 is 61.7 Å². The third kappa shape index (κ3) is 6.94. The van der Waals surface area contributed by atoms with Crippen LogP contribution in [0.1, 0.15) is 43.8 Å². The highest BCUT2D eigenvalue weighted by molar-refractivity contribution is 7.90. The number of nitrogens with zero attached hydrogens (tertiary/aromatic N) is 1. The Hall–Kier alpha value is -3.70. The fraction of sp³-hybridized carbons (Fsp3) is 0.258. The molecule has 0 saturated heterocycles. The van der Waals surface area contributed by atoms with Crippen molar-refractivity contribution in [2.24, 2.45) is 0 Å². The third-order valence-electron chi connectivity index (χ3n) is 7.51. The maximum Gasteiger partial charge on any atom is 0.326 e. The third-order valence-corrected chi connectivity index (χ3v) is 9.34. The Morgan fingerprint density at radius 1 is 1.09 bits per heavy atom. The van der Waals surface area contributed by atoms with E-state index in [-0.39, 0.29) is 32.7 Å². The van der Waals surface area contributed by atoms with E-state index in [0.717, 1.165) is 22.8 Å². The molecule has 0 fully saturated rings. The van der Waals surface area contributed by atoms with E-state index in [4.69, 9.17) is 27.6 Å². The van der Waals surface area contributed by atoms with Crippen molar-refractivity contribution in [3.05, 3.63) is 98.7 Å². The zero-order valence-electron chi connectivity index (χ0n) is 23.1. The second-order valence-corrected chi connectivity index (χ2v) is 13.3. The summed E-state index contributed by atoms with van der Waals surface area (Å²) < 4.78 is 29.2. The van der Waals surface area contributed by atoms with Crippen LogP contribution < -0.4 is 5.32 Å². The minimum absolute atomic E-state index is 0.00297. The SMILES string of the molecule is CS(=O)(=O)c1cccc(C[C@H](NC(=O)c2c(Cl)cc3c(c2Cl)CCN(CCC(=O)c2ccc4ccoc4c2)C3)C(=O)O)c1. The minimum Gasteiger partial charge on any atom is -0.480 e. The van der Waals surface area contributed by atoms with Gasteiger partial charge < -0.3 is 14.8 Å². The van der Waals surface area contributed by atoms with Gasteiger partial charge in [-0.25, -0.2) is 13.2 Å². The van der Waals surface area contributed by atoms with E-state index in [0.29, 0.717) is 49.2 Å². The molecule has 0 spiro atoms. The van der Waals surface area contributed by atoms with Crippen LogP contribution >= 0.6 is 23.2 Å². The van der Waals surface area contributed by atoms with Gasteiger partial charge in [0.05, 0.1) is 26.8 Å². The van der Waals surface area contributed by atoms with Crippen LogP contribution in [0.3, 0.4) is 0 Å². The number of hydrogen-bond donors (Lipinski definition) is 2. The molecular formula is C31H28Cl2N2O7S. The number of benzene rings is 3. The lowest BCUT2D eigenvalue weighted by atomic mass is 9.96. The highest BCUT2D eigenvalue weighted by Gasteiger charge is 2.28. The van der Waals surface area contributed by atoms with Gasteiger partial charge in [0.1, 0.15) is 11.6 Å². The lowest BCUT2D eigenvalue weighted by Gasteiger charge is -2.30. The number of rotatable bonds is 10. The van der Waals surface area contributed by atoms with Crippen LogP contribution in [0.5, 0.6) is 0 Å². The van der Waals surface area contributed by atoms with Gasteiger partial charge in [0.15, 0.2) is 15.6 Å². The van der Waals surface area contributed by atoms with Gasteiger partial charge in [0, 0.05) is 49.7 Å². The topological polar surface area (TPSA) is 134 Å². The van der Waals surface area contributed by atoms with Gasteiger partial charge in [-0.05, 0) is 53.4 Å². The molecule has 2 N–H and O–H groups in total. The largest absolute Gasteiger partial charge is 0.480 e. The molecule has 43 heavy (non-hydrogen) atoms. The summed E-state index contributed by atoms with van der Waals surface area (Å²) in [6, 6.07) is 13.4. The molecule has 3 aromatic carbocycles. The molecule has 224 valence electrons. The molecule has 0 radical (unpaired) electrons. The summed E-state index contributed by atoms with van der Waals surface area (Å²) in [5.41, 5.74) is 3.24. The second-order valence-electron chi connectivity index (χ2n) is 10.5. The molecule has 1 atom stereocenters. The van der Waals surface area contributed by atoms with Crippen molar-refractivity contribution in [2.75, 3.05) is 19.3 Å². The number of Topliss-reactive ketones (excluding diaryl/α,β-unsaturated/α-hetero) is 1. The van der Waals surface area contributed by atoms with E-state index < -0.39 is 27.8 Å². The summed E-state index contributed by atoms with van der Waals surface area (Å²) in [6.45, 7) is 1.61. The van der Waals surface area contributed by atoms with Crippen LogP contribution in [-0.4, -0.2) is 61.5 Å². The number of furan rings is 1. The summed E-state index contributed by atoms with van der Waals surface area (Å²) in [4.78, 5) is 40.2. The molecule has 0 unspecified atom stereocenters. The predicted molar refractivity (Wildman–Crippen MR) is 163 cm³/mol. The Morgan fingerprint density at radius 2 is 1.88 bits per heavy atom. The number of nitrogens with one attached hydrogen (secondary N) is 1. The minimum atomic E-state index is -3.49. The van der Waals surface area contributed by atoms with E-state index in [2.05, 4.69) is 10.2 Å². The van der Waals surface area contributed by atoms with Crippen LogP contribution in [0, 0.1) is 0 Å². The van der Waals surface area contributed by atoms with Gasteiger partial charge in [0.25, 0.3) is 5.91 Å². The molecule has 1 aromatic heterocycles. The van der Waals surface area contributed by atoms with Gasteiger partial charge in [0.2, 0.25) is 0 Å². The molecule has 1 aliphatic rings. The molecule has 0 bridgehead atoms. The predicted octanol–water partition coefficient (Wildman–Crippen LogP) is 5.20. The summed E-state index contributed by atoms with van der Waals surface area (Å²) in [5, 5.41) is 13.4. The quantitative estimate of drug-likeness (QED) is 0.225. The molecule has 5 rings (SSSR count). The maximum absolute atomic E-state index is 13.3. The van der Waals surface area contributed by atoms with Crippen molar-refractivity contribution < 1.29 is 32.3 Å². The number of fused-ring (bicyclic) bond motifs is 2. The average molecular weight is 644 g/mol. The lowest BCUT2D eigenvalue weighted by Crippen LogP contribution is -2.42. The maximum atomic E-state index is 13.3. The number of aliphatic carboxylic acids is 1. The lowest BCUT2D eigenvalue weighted by molar-refractivity contribution is -0.139. The fourth-order valence-electron chi connectivity index (χ4n) is 5.21. The summed E-state index contributed by atoms with van der Waals surface area (Å²) >= 11 is 13.2. The molecular weight excluding hydrogens is 615 g/mol. The number of amides is 1. The zero-order valence-corrected chi connectivity index (χ0v) is 25.4. The van der Waals surface area contributed by atoms with Crippen LogP contribution in [0.2, 0.25) is 10.0 Å². The molecule has 0 aliphatic carbocycles. The molecule has 9 nitrogen and oxygen atoms in total. The number of hydrogen-bond acceptors (Lipinski definition) is 7. The van der Waals surface area contributed by atoms with Gasteiger partial charge in [-0.2, -0.15) is 0 Å². The first-order chi connectivity index (χ1) is 20.4. The smallest absolute Gasteiger partial charge is 0.326 e. The summed E-state index contributed by atoms with van der Waals surface area (Å²) in [6.07, 6.45) is 3.33. The van der Waals surface area contributed by atoms with Crippen LogP contribution in [0.15, 0.2) is 70.2 Å². The highest BCUT2D eigenvalue weighted by atomic mass is 35.5. The number of carbonyl (C=O) groups is 3. The highest BCUT2D eigenvalue weighted by Crippen LogP contribution is 2.35. The zero-order chi connectivity index (χ0) is 30.9. The Labute approximate surface area is 258 Å². The van der Waals surface area contributed by atoms with Gasteiger partial charge in [-0.15, -0.1) is 0 Å². The van der Waals surface area contributed by atoms with Crippen LogP contribution in [0.4, 0.5) is 0 Å². The van der Waals surface area contributed by atoms with Crippen LogP contribution in [-0.2, 0) is 34.0 Å². The van der Waals surface area contributed by atoms with Crippen molar-refractivity contribution in [3.8, 4) is 0 Å². The molecule has 1 amide bonds. The Bertz CT molecular complexity index is 1850. The summed E-state index contributed by atoms with van der Waals surface area (Å²) in [7, 11) is -3.49. The van der Waals surface area contributed by atoms with Crippen molar-refractivity contribution in [2.45, 2.75) is 36.7 Å². The molecule has 0 saturated carbocycles. The van der Waals surface area contributed by atoms with Gasteiger partial charge in [-0.3, -0.25) is 14.5 Å². The number of carbonyl (C=O) groups excluding carboxylic acids is 2. The first kappa shape index (κ1) is 30.7. The number of ketones is 1. The Balaban J connectivity index is 1.26. The fourth-order valence-corrected chi connectivity index (χ4v) is 6.67. The van der Waals surface area contributed by atoms with Crippen molar-refractivity contribution in [1.29, 1.82) is 0 Å². The number of sulfone groups is 1. The average Bonchev–Trinajstić information content (AvgIpc) is 3.43. The second kappa shape index (κ2) is 12.5. The number of carboxylic acids is 1. The van der Waals surface area contributed by atoms with E-state index >= 15 is 0 Å². The normalized spacial score (nSPS) is 14.3. The van der Waals surface area contributed by atoms with Gasteiger partial charge in [-0.1, -0.05) is 47.5 Å². The first-order valence-electron chi connectivity index (χ1n) is 13.5. The molecule has 1 aliphatic heterocycles. The monoisotopic (exact) mass is 642 g/mol. The van der Waals surface area contributed by atoms with Crippen molar-refractivity contribution in [3.63, 3.8) is 0 Å². The molecule has 4 aromatic rings. The standard InChI is InChI=1S/C31H28Cl2N2O7S/c1-43(40,41)22-4-2-3-18(13-22)14-25(31(38)39)34-30(37)28-24(32)15-21-17-35(10-7-23(21)29(28)33)11-8-26(36)20-6-5-19-9-12-42-27(19)16-20/h2-6,9,12-13,15-16,25H,7-8,10-11,14,17H2,1H3,(H,34,37)(H,38,39)/t25-/m0/s1. The van der Waals surface area contributed by atoms with E-state index in [1.165, 1.54) is 18.2 Å². The van der Waals surface area contributed by atoms with E-state index in [9.17, 15) is 27.9 Å². The van der Waals surface area contributed by atoms with Crippen molar-refractivity contribution in [1.82, 2.24) is 10.2 Å².